The number of hydrogen-bond donors (Lipinski definition) is 3. The molecule has 18 heavy (non-hydrogen) atoms. The molecule has 0 unspecified atom stereocenters. The molecule has 2 rings (SSSR count). The van der Waals surface area contributed by atoms with Gasteiger partial charge in [0.15, 0.2) is 5.96 Å². The highest BCUT2D eigenvalue weighted by molar-refractivity contribution is 14.0. The minimum atomic E-state index is -0.318. The van der Waals surface area contributed by atoms with Crippen molar-refractivity contribution in [1.29, 1.82) is 0 Å². The van der Waals surface area contributed by atoms with Crippen LogP contribution in [0.2, 0.25) is 0 Å². The van der Waals surface area contributed by atoms with E-state index in [9.17, 15) is 9.59 Å². The number of amides is 3. The lowest BCUT2D eigenvalue weighted by Gasteiger charge is -2.15. The van der Waals surface area contributed by atoms with Crippen LogP contribution in [0.1, 0.15) is 12.8 Å². The Labute approximate surface area is 123 Å². The summed E-state index contributed by atoms with van der Waals surface area (Å²) < 4.78 is 0. The number of imide groups is 1. The van der Waals surface area contributed by atoms with Gasteiger partial charge in [0.05, 0.1) is 6.54 Å². The molecule has 1 saturated carbocycles. The summed E-state index contributed by atoms with van der Waals surface area (Å²) in [5.74, 6) is 0.543. The van der Waals surface area contributed by atoms with Crippen LogP contribution >= 0.6 is 24.0 Å². The van der Waals surface area contributed by atoms with Gasteiger partial charge in [-0.05, 0) is 12.8 Å². The molecule has 1 aliphatic carbocycles. The highest BCUT2D eigenvalue weighted by Gasteiger charge is 2.28. The number of nitrogens with one attached hydrogen (secondary N) is 3. The lowest BCUT2D eigenvalue weighted by atomic mass is 10.5. The van der Waals surface area contributed by atoms with Crippen LogP contribution in [0.5, 0.6) is 0 Å². The minimum Gasteiger partial charge on any atom is -0.355 e. The van der Waals surface area contributed by atoms with Crippen LogP contribution in [0.3, 0.4) is 0 Å². The molecular weight excluding hydrogens is 349 g/mol. The maximum absolute atomic E-state index is 11.3. The number of carbonyl (C=O) groups excluding carboxylic acids is 2. The number of halogens is 1. The zero-order chi connectivity index (χ0) is 12.3. The Morgan fingerprint density at radius 3 is 2.72 bits per heavy atom. The molecule has 2 fully saturated rings. The maximum atomic E-state index is 11.3. The van der Waals surface area contributed by atoms with E-state index in [1.807, 2.05) is 0 Å². The van der Waals surface area contributed by atoms with Gasteiger partial charge in [0.1, 0.15) is 0 Å². The largest absolute Gasteiger partial charge is 0.355 e. The Morgan fingerprint density at radius 2 is 2.22 bits per heavy atom. The van der Waals surface area contributed by atoms with Crippen molar-refractivity contribution in [1.82, 2.24) is 20.9 Å². The Balaban J connectivity index is 0.00000162. The summed E-state index contributed by atoms with van der Waals surface area (Å²) in [6, 6.07) is 0.208. The minimum absolute atomic E-state index is 0. The first-order valence-corrected chi connectivity index (χ1v) is 5.76. The van der Waals surface area contributed by atoms with Gasteiger partial charge in [-0.1, -0.05) is 0 Å². The topological polar surface area (TPSA) is 85.8 Å². The zero-order valence-corrected chi connectivity index (χ0v) is 12.6. The van der Waals surface area contributed by atoms with Crippen LogP contribution in [-0.4, -0.2) is 55.5 Å². The van der Waals surface area contributed by atoms with Crippen LogP contribution < -0.4 is 16.0 Å². The fourth-order valence-corrected chi connectivity index (χ4v) is 1.58. The molecule has 2 aliphatic rings. The van der Waals surface area contributed by atoms with Gasteiger partial charge < -0.3 is 16.0 Å². The van der Waals surface area contributed by atoms with E-state index in [-0.39, 0.29) is 42.5 Å². The van der Waals surface area contributed by atoms with Crippen LogP contribution in [0, 0.1) is 0 Å². The summed E-state index contributed by atoms with van der Waals surface area (Å²) in [5.41, 5.74) is 0. The van der Waals surface area contributed by atoms with E-state index in [2.05, 4.69) is 20.9 Å². The molecule has 0 aromatic rings. The molecule has 0 bridgehead atoms. The summed E-state index contributed by atoms with van der Waals surface area (Å²) in [5, 5.41) is 8.77. The van der Waals surface area contributed by atoms with E-state index < -0.39 is 0 Å². The van der Waals surface area contributed by atoms with Crippen molar-refractivity contribution >= 4 is 41.9 Å². The van der Waals surface area contributed by atoms with Crippen LogP contribution in [0.25, 0.3) is 0 Å². The number of carbonyl (C=O) groups is 2. The molecule has 0 aromatic heterocycles. The van der Waals surface area contributed by atoms with E-state index in [4.69, 9.17) is 0 Å². The molecule has 102 valence electrons. The first-order chi connectivity index (χ1) is 8.20. The van der Waals surface area contributed by atoms with E-state index >= 15 is 0 Å². The molecule has 1 saturated heterocycles. The van der Waals surface area contributed by atoms with Crippen molar-refractivity contribution < 1.29 is 9.59 Å². The quantitative estimate of drug-likeness (QED) is 0.270. The molecular formula is C10H18IN5O2. The number of hydrogen-bond acceptors (Lipinski definition) is 3. The fourth-order valence-electron chi connectivity index (χ4n) is 1.58. The van der Waals surface area contributed by atoms with Gasteiger partial charge in [-0.15, -0.1) is 24.0 Å². The predicted molar refractivity (Wildman–Crippen MR) is 78.0 cm³/mol. The first kappa shape index (κ1) is 15.0. The third-order valence-electron chi connectivity index (χ3n) is 2.71. The average molecular weight is 367 g/mol. The summed E-state index contributed by atoms with van der Waals surface area (Å²) >= 11 is 0. The fraction of sp³-hybridized carbons (Fsp3) is 0.700. The molecule has 3 N–H and O–H groups in total. The van der Waals surface area contributed by atoms with E-state index in [1.54, 1.807) is 7.05 Å². The van der Waals surface area contributed by atoms with Gasteiger partial charge in [-0.2, -0.15) is 0 Å². The summed E-state index contributed by atoms with van der Waals surface area (Å²) in [4.78, 5) is 27.8. The number of guanidine groups is 1. The van der Waals surface area contributed by atoms with E-state index in [0.717, 1.165) is 5.96 Å². The van der Waals surface area contributed by atoms with E-state index in [1.165, 1.54) is 17.7 Å². The van der Waals surface area contributed by atoms with Crippen molar-refractivity contribution in [2.45, 2.75) is 18.9 Å². The van der Waals surface area contributed by atoms with Gasteiger partial charge in [-0.25, -0.2) is 4.79 Å². The smallest absolute Gasteiger partial charge is 0.324 e. The van der Waals surface area contributed by atoms with Crippen LogP contribution in [-0.2, 0) is 4.79 Å². The van der Waals surface area contributed by atoms with Crippen molar-refractivity contribution in [3.8, 4) is 0 Å². The Bertz CT molecular complexity index is 340. The third-order valence-corrected chi connectivity index (χ3v) is 2.71. The lowest BCUT2D eigenvalue weighted by molar-refractivity contribution is -0.124. The number of urea groups is 1. The van der Waals surface area contributed by atoms with Crippen molar-refractivity contribution in [3.05, 3.63) is 0 Å². The number of rotatable bonds is 4. The highest BCUT2D eigenvalue weighted by Crippen LogP contribution is 2.18. The lowest BCUT2D eigenvalue weighted by Crippen LogP contribution is -2.43. The Hall–Kier alpha value is -1.06. The Kier molecular flexibility index (Phi) is 5.63. The maximum Gasteiger partial charge on any atom is 0.324 e. The second-order valence-electron chi connectivity index (χ2n) is 4.12. The summed E-state index contributed by atoms with van der Waals surface area (Å²) in [7, 11) is 1.70. The zero-order valence-electron chi connectivity index (χ0n) is 10.2. The normalized spacial score (nSPS) is 19.4. The summed E-state index contributed by atoms with van der Waals surface area (Å²) in [6.07, 6.45) is 2.35. The standard InChI is InChI=1S/C10H17N5O2.HI/c1-11-9(14-7-2-3-7)12-4-5-15-8(16)6-13-10(15)17;/h7H,2-6H2,1H3,(H,13,17)(H2,11,12,14);1H. The molecule has 0 spiro atoms. The van der Waals surface area contributed by atoms with Gasteiger partial charge in [0.25, 0.3) is 0 Å². The molecule has 1 aliphatic heterocycles. The predicted octanol–water partition coefficient (Wildman–Crippen LogP) is -0.516. The van der Waals surface area contributed by atoms with Crippen molar-refractivity contribution in [2.75, 3.05) is 26.7 Å². The Morgan fingerprint density at radius 1 is 1.50 bits per heavy atom. The molecule has 7 nitrogen and oxygen atoms in total. The van der Waals surface area contributed by atoms with Crippen molar-refractivity contribution in [3.63, 3.8) is 0 Å². The van der Waals surface area contributed by atoms with Crippen LogP contribution in [0.15, 0.2) is 4.99 Å². The van der Waals surface area contributed by atoms with Crippen LogP contribution in [0.4, 0.5) is 4.79 Å². The molecule has 8 heteroatoms. The first-order valence-electron chi connectivity index (χ1n) is 5.76. The van der Waals surface area contributed by atoms with Gasteiger partial charge >= 0.3 is 6.03 Å². The van der Waals surface area contributed by atoms with Gasteiger partial charge in [0.2, 0.25) is 5.91 Å². The third kappa shape index (κ3) is 4.00. The monoisotopic (exact) mass is 367 g/mol. The molecule has 0 atom stereocenters. The van der Waals surface area contributed by atoms with Crippen molar-refractivity contribution in [2.24, 2.45) is 4.99 Å². The second kappa shape index (κ2) is 6.76. The van der Waals surface area contributed by atoms with Gasteiger partial charge in [-0.3, -0.25) is 14.7 Å². The average Bonchev–Trinajstić information content (AvgIpc) is 3.08. The summed E-state index contributed by atoms with van der Waals surface area (Å²) in [6.45, 7) is 0.968. The van der Waals surface area contributed by atoms with Gasteiger partial charge in [0, 0.05) is 26.2 Å². The molecule has 0 radical (unpaired) electrons. The molecule has 0 aromatic carbocycles. The molecule has 3 amide bonds. The number of aliphatic imine (C=N–C) groups is 1. The number of nitrogens with zero attached hydrogens (tertiary/aromatic N) is 2. The highest BCUT2D eigenvalue weighted by atomic mass is 127. The van der Waals surface area contributed by atoms with E-state index in [0.29, 0.717) is 19.1 Å². The SMILES string of the molecule is CN=C(NCCN1C(=O)CNC1=O)NC1CC1.I. The second-order valence-corrected chi connectivity index (χ2v) is 4.12. The molecule has 1 heterocycles.